The monoisotopic (exact) mass is 280 g/mol. The van der Waals surface area contributed by atoms with E-state index < -0.39 is 0 Å². The molecule has 10 heavy (non-hydrogen) atoms. The fourth-order valence-corrected chi connectivity index (χ4v) is 1.60. The summed E-state index contributed by atoms with van der Waals surface area (Å²) in [6.07, 6.45) is 1.27. The largest absolute Gasteiger partial charge is 0.0907 e. The van der Waals surface area contributed by atoms with Crippen molar-refractivity contribution in [1.29, 1.82) is 0 Å². The maximum atomic E-state index is 2.21. The Morgan fingerprint density at radius 1 is 1.20 bits per heavy atom. The molecule has 0 bridgehead atoms. The maximum absolute atomic E-state index is 2.21. The van der Waals surface area contributed by atoms with Gasteiger partial charge in [0.15, 0.2) is 0 Å². The molecule has 0 nitrogen and oxygen atoms in total. The Morgan fingerprint density at radius 3 is 2.30 bits per heavy atom. The topological polar surface area (TPSA) is 0 Å². The molecule has 1 unspecified atom stereocenters. The van der Waals surface area contributed by atoms with Crippen LogP contribution in [0.1, 0.15) is 6.92 Å². The molecule has 0 amide bonds. The zero-order valence-corrected chi connectivity index (χ0v) is 10.3. The van der Waals surface area contributed by atoms with E-state index in [1.165, 1.54) is 11.5 Å². The van der Waals surface area contributed by atoms with E-state index in [1.807, 2.05) is 0 Å². The molecule has 1 aromatic carbocycles. The second-order valence-corrected chi connectivity index (χ2v) is 3.53. The van der Waals surface area contributed by atoms with Gasteiger partial charge in [0.05, 0.1) is 0 Å². The predicted octanol–water partition coefficient (Wildman–Crippen LogP) is 2.01. The van der Waals surface area contributed by atoms with E-state index >= 15 is 0 Å². The first kappa shape index (κ1) is 11.0. The van der Waals surface area contributed by atoms with E-state index in [0.717, 1.165) is 8.58 Å². The molecule has 0 aliphatic heterocycles. The van der Waals surface area contributed by atoms with Crippen LogP contribution >= 0.6 is 8.58 Å². The Bertz CT molecular complexity index is 162. The normalized spacial score (nSPS) is 9.70. The molecule has 0 spiro atoms. The molecule has 1 aromatic rings. The summed E-state index contributed by atoms with van der Waals surface area (Å²) < 4.78 is 0. The minimum absolute atomic E-state index is 0. The fourth-order valence-electron chi connectivity index (χ4n) is 0.760. The third-order valence-electron chi connectivity index (χ3n) is 1.15. The van der Waals surface area contributed by atoms with Crippen LogP contribution in [0.4, 0.5) is 0 Å². The first-order valence-corrected chi connectivity index (χ1v) is 4.43. The molecule has 0 saturated carbocycles. The third kappa shape index (κ3) is 4.00. The summed E-state index contributed by atoms with van der Waals surface area (Å²) >= 11 is 0. The molecular weight excluding hydrogens is 271 g/mol. The Kier molecular flexibility index (Phi) is 7.36. The molecule has 0 heterocycles. The minimum atomic E-state index is 0. The minimum Gasteiger partial charge on any atom is -0.0907 e. The first-order valence-electron chi connectivity index (χ1n) is 3.22. The average molecular weight is 282 g/mol. The third-order valence-corrected chi connectivity index (χ3v) is 2.25. The molecule has 0 N–H and O–H groups in total. The van der Waals surface area contributed by atoms with Gasteiger partial charge < -0.3 is 0 Å². The Labute approximate surface area is 97.1 Å². The molecular formula is C8H11NdP. The van der Waals surface area contributed by atoms with Gasteiger partial charge in [-0.25, -0.2) is 0 Å². The number of benzene rings is 1. The molecule has 0 saturated heterocycles. The van der Waals surface area contributed by atoms with Crippen molar-refractivity contribution in [3.05, 3.63) is 30.3 Å². The van der Waals surface area contributed by atoms with Crippen molar-refractivity contribution in [3.63, 3.8) is 0 Å². The summed E-state index contributed by atoms with van der Waals surface area (Å²) in [6, 6.07) is 10.6. The van der Waals surface area contributed by atoms with Gasteiger partial charge in [-0.3, -0.25) is 0 Å². The number of hydrogen-bond acceptors (Lipinski definition) is 0. The second kappa shape index (κ2) is 6.69. The van der Waals surface area contributed by atoms with Gasteiger partial charge in [0.25, 0.3) is 0 Å². The van der Waals surface area contributed by atoms with Gasteiger partial charge in [-0.05, 0) is 11.5 Å². The van der Waals surface area contributed by atoms with Crippen LogP contribution in [-0.2, 0) is 0 Å². The molecule has 52 valence electrons. The smallest absolute Gasteiger partial charge is 0 e. The molecule has 1 atom stereocenters. The summed E-state index contributed by atoms with van der Waals surface area (Å²) in [5.74, 6) is 0. The van der Waals surface area contributed by atoms with Gasteiger partial charge in [0, 0.05) is 40.8 Å². The predicted molar refractivity (Wildman–Crippen MR) is 44.9 cm³/mol. The van der Waals surface area contributed by atoms with E-state index in [1.54, 1.807) is 0 Å². The average Bonchev–Trinajstić information content (AvgIpc) is 1.91. The molecule has 1 rings (SSSR count). The summed E-state index contributed by atoms with van der Waals surface area (Å²) in [4.78, 5) is 0. The van der Waals surface area contributed by atoms with Crippen molar-refractivity contribution >= 4 is 13.9 Å². The van der Waals surface area contributed by atoms with E-state index in [9.17, 15) is 0 Å². The van der Waals surface area contributed by atoms with Crippen LogP contribution in [0.25, 0.3) is 0 Å². The van der Waals surface area contributed by atoms with Crippen molar-refractivity contribution < 1.29 is 40.8 Å². The Balaban J connectivity index is 0.000000810. The van der Waals surface area contributed by atoms with E-state index in [0.29, 0.717) is 0 Å². The van der Waals surface area contributed by atoms with Crippen LogP contribution in [0.5, 0.6) is 0 Å². The Hall–Kier alpha value is 1.00. The van der Waals surface area contributed by atoms with Crippen molar-refractivity contribution in [2.24, 2.45) is 0 Å². The molecule has 0 aliphatic rings. The van der Waals surface area contributed by atoms with E-state index in [4.69, 9.17) is 0 Å². The van der Waals surface area contributed by atoms with Crippen molar-refractivity contribution in [2.75, 3.05) is 6.16 Å². The SMILES string of the molecule is CCPc1ccccc1.[Nd]. The van der Waals surface area contributed by atoms with Gasteiger partial charge in [0.1, 0.15) is 0 Å². The first-order chi connectivity index (χ1) is 4.43. The summed E-state index contributed by atoms with van der Waals surface area (Å²) in [5.41, 5.74) is 0. The zero-order chi connectivity index (χ0) is 6.53. The number of hydrogen-bond donors (Lipinski definition) is 0. The molecule has 0 fully saturated rings. The van der Waals surface area contributed by atoms with Crippen LogP contribution < -0.4 is 5.30 Å². The van der Waals surface area contributed by atoms with Gasteiger partial charge in [-0.1, -0.05) is 45.8 Å². The molecule has 2 heteroatoms. The second-order valence-electron chi connectivity index (χ2n) is 1.90. The molecule has 0 aromatic heterocycles. The van der Waals surface area contributed by atoms with Gasteiger partial charge in [0.2, 0.25) is 0 Å². The fraction of sp³-hybridized carbons (Fsp3) is 0.250. The van der Waals surface area contributed by atoms with Crippen LogP contribution in [0, 0.1) is 40.8 Å². The van der Waals surface area contributed by atoms with Crippen LogP contribution in [0.2, 0.25) is 0 Å². The van der Waals surface area contributed by atoms with Crippen molar-refractivity contribution in [1.82, 2.24) is 0 Å². The summed E-state index contributed by atoms with van der Waals surface area (Å²) in [7, 11) is 0.987. The van der Waals surface area contributed by atoms with E-state index in [2.05, 4.69) is 37.3 Å². The van der Waals surface area contributed by atoms with Crippen LogP contribution in [-0.4, -0.2) is 6.16 Å². The van der Waals surface area contributed by atoms with Crippen molar-refractivity contribution in [2.45, 2.75) is 6.92 Å². The quantitative estimate of drug-likeness (QED) is 0.728. The van der Waals surface area contributed by atoms with Gasteiger partial charge in [-0.15, -0.1) is 0 Å². The summed E-state index contributed by atoms with van der Waals surface area (Å²) in [5, 5.41) is 1.47. The van der Waals surface area contributed by atoms with E-state index in [-0.39, 0.29) is 40.8 Å². The van der Waals surface area contributed by atoms with Gasteiger partial charge >= 0.3 is 0 Å². The standard InChI is InChI=1S/C8H11P.Nd/c1-2-9-8-6-4-3-5-7-8;/h3-7,9H,2H2,1H3;. The number of rotatable bonds is 2. The summed E-state index contributed by atoms with van der Waals surface area (Å²) in [6.45, 7) is 2.21. The Morgan fingerprint density at radius 2 is 1.80 bits per heavy atom. The molecule has 0 radical (unpaired) electrons. The van der Waals surface area contributed by atoms with Crippen LogP contribution in [0.15, 0.2) is 30.3 Å². The zero-order valence-electron chi connectivity index (χ0n) is 6.09. The van der Waals surface area contributed by atoms with Gasteiger partial charge in [-0.2, -0.15) is 0 Å². The van der Waals surface area contributed by atoms with Crippen molar-refractivity contribution in [3.8, 4) is 0 Å². The van der Waals surface area contributed by atoms with Crippen LogP contribution in [0.3, 0.4) is 0 Å². The molecule has 0 aliphatic carbocycles. The maximum Gasteiger partial charge on any atom is 0 e.